The summed E-state index contributed by atoms with van der Waals surface area (Å²) in [5.41, 5.74) is 2.29. The first kappa shape index (κ1) is 14.4. The number of aryl methyl sites for hydroxylation is 1. The van der Waals surface area contributed by atoms with Crippen molar-refractivity contribution in [3.8, 4) is 5.75 Å². The fourth-order valence-electron chi connectivity index (χ4n) is 1.68. The molecule has 3 heteroatoms. The molecule has 1 atom stereocenters. The molecule has 0 radical (unpaired) electrons. The lowest BCUT2D eigenvalue weighted by atomic mass is 10.0. The summed E-state index contributed by atoms with van der Waals surface area (Å²) in [4.78, 5) is 0. The average molecular weight is 254 g/mol. The van der Waals surface area contributed by atoms with E-state index in [1.165, 1.54) is 5.56 Å². The van der Waals surface area contributed by atoms with Gasteiger partial charge in [-0.1, -0.05) is 31.5 Å². The van der Waals surface area contributed by atoms with Gasteiger partial charge in [0.25, 0.3) is 0 Å². The Balaban J connectivity index is 2.63. The minimum Gasteiger partial charge on any atom is -0.496 e. The Morgan fingerprint density at radius 1 is 1.35 bits per heavy atom. The Hall–Kier alpha value is -0.670. The lowest BCUT2D eigenvalue weighted by molar-refractivity contribution is 0.198. The molecule has 1 rings (SSSR count). The fourth-order valence-corrected chi connectivity index (χ4v) is 2.41. The van der Waals surface area contributed by atoms with E-state index in [9.17, 15) is 5.11 Å². The quantitative estimate of drug-likeness (QED) is 0.846. The molecule has 0 saturated carbocycles. The fraction of sp³-hybridized carbons (Fsp3) is 0.571. The van der Waals surface area contributed by atoms with Gasteiger partial charge in [0.05, 0.1) is 13.2 Å². The van der Waals surface area contributed by atoms with E-state index in [-0.39, 0.29) is 6.10 Å². The van der Waals surface area contributed by atoms with Crippen LogP contribution in [0.3, 0.4) is 0 Å². The highest BCUT2D eigenvalue weighted by molar-refractivity contribution is 7.99. The van der Waals surface area contributed by atoms with Crippen LogP contribution in [0.1, 0.15) is 25.0 Å². The third-order valence-corrected chi connectivity index (χ3v) is 3.76. The van der Waals surface area contributed by atoms with Crippen molar-refractivity contribution in [3.63, 3.8) is 0 Å². The molecule has 0 spiro atoms. The topological polar surface area (TPSA) is 29.5 Å². The summed E-state index contributed by atoms with van der Waals surface area (Å²) in [5.74, 6) is 1.64. The number of aliphatic hydroxyl groups excluding tert-OH is 1. The van der Waals surface area contributed by atoms with Gasteiger partial charge in [0.1, 0.15) is 5.75 Å². The van der Waals surface area contributed by atoms with Crippen molar-refractivity contribution in [3.05, 3.63) is 29.3 Å². The number of hydrogen-bond acceptors (Lipinski definition) is 3. The van der Waals surface area contributed by atoms with Gasteiger partial charge in [0.2, 0.25) is 0 Å². The normalized spacial score (nSPS) is 12.8. The van der Waals surface area contributed by atoms with Crippen LogP contribution in [-0.2, 0) is 6.42 Å². The van der Waals surface area contributed by atoms with Gasteiger partial charge in [-0.3, -0.25) is 0 Å². The number of hydrogen-bond donors (Lipinski definition) is 1. The highest BCUT2D eigenvalue weighted by atomic mass is 32.2. The van der Waals surface area contributed by atoms with Gasteiger partial charge in [0, 0.05) is 12.2 Å². The third kappa shape index (κ3) is 5.00. The van der Waals surface area contributed by atoms with Crippen molar-refractivity contribution < 1.29 is 9.84 Å². The second-order valence-corrected chi connectivity index (χ2v) is 6.16. The molecular formula is C14H22O2S. The molecule has 0 heterocycles. The van der Waals surface area contributed by atoms with Crippen molar-refractivity contribution in [1.82, 2.24) is 0 Å². The molecule has 2 nitrogen and oxygen atoms in total. The Morgan fingerprint density at radius 2 is 2.06 bits per heavy atom. The Morgan fingerprint density at radius 3 is 2.65 bits per heavy atom. The summed E-state index contributed by atoms with van der Waals surface area (Å²) in [7, 11) is 1.67. The van der Waals surface area contributed by atoms with Crippen molar-refractivity contribution in [1.29, 1.82) is 0 Å². The Labute approximate surface area is 108 Å². The van der Waals surface area contributed by atoms with Crippen LogP contribution in [0.25, 0.3) is 0 Å². The Kier molecular flexibility index (Phi) is 5.86. The lowest BCUT2D eigenvalue weighted by Gasteiger charge is -2.15. The van der Waals surface area contributed by atoms with Gasteiger partial charge >= 0.3 is 0 Å². The summed E-state index contributed by atoms with van der Waals surface area (Å²) in [5, 5.41) is 10.5. The second-order valence-electron chi connectivity index (χ2n) is 4.56. The van der Waals surface area contributed by atoms with Gasteiger partial charge < -0.3 is 9.84 Å². The van der Waals surface area contributed by atoms with E-state index in [0.29, 0.717) is 11.7 Å². The van der Waals surface area contributed by atoms with Gasteiger partial charge in [-0.25, -0.2) is 0 Å². The van der Waals surface area contributed by atoms with Gasteiger partial charge in [-0.15, -0.1) is 0 Å². The standard InChI is InChI=1S/C14H22O2S/c1-10(2)17-9-13(15)8-12-7-11(3)5-6-14(12)16-4/h5-7,10,13,15H,8-9H2,1-4H3. The maximum absolute atomic E-state index is 9.99. The minimum absolute atomic E-state index is 0.307. The molecule has 0 saturated heterocycles. The van der Waals surface area contributed by atoms with Gasteiger partial charge in [0.15, 0.2) is 0 Å². The largest absolute Gasteiger partial charge is 0.496 e. The molecular weight excluding hydrogens is 232 g/mol. The van der Waals surface area contributed by atoms with Crippen LogP contribution >= 0.6 is 11.8 Å². The summed E-state index contributed by atoms with van der Waals surface area (Å²) < 4.78 is 5.31. The SMILES string of the molecule is COc1ccc(C)cc1CC(O)CSC(C)C. The molecule has 0 bridgehead atoms. The molecule has 0 aliphatic heterocycles. The summed E-state index contributed by atoms with van der Waals surface area (Å²) in [6, 6.07) is 6.08. The summed E-state index contributed by atoms with van der Waals surface area (Å²) >= 11 is 1.79. The van der Waals surface area contributed by atoms with Gasteiger partial charge in [-0.05, 0) is 23.8 Å². The van der Waals surface area contributed by atoms with E-state index >= 15 is 0 Å². The number of benzene rings is 1. The predicted molar refractivity (Wildman–Crippen MR) is 75.0 cm³/mol. The van der Waals surface area contributed by atoms with Crippen LogP contribution in [0.2, 0.25) is 0 Å². The zero-order chi connectivity index (χ0) is 12.8. The van der Waals surface area contributed by atoms with Crippen molar-refractivity contribution in [2.75, 3.05) is 12.9 Å². The first-order valence-electron chi connectivity index (χ1n) is 5.96. The minimum atomic E-state index is -0.307. The maximum Gasteiger partial charge on any atom is 0.122 e. The van der Waals surface area contributed by atoms with E-state index in [4.69, 9.17) is 4.74 Å². The van der Waals surface area contributed by atoms with Gasteiger partial charge in [-0.2, -0.15) is 11.8 Å². The molecule has 0 aliphatic carbocycles. The van der Waals surface area contributed by atoms with Crippen LogP contribution in [0.15, 0.2) is 18.2 Å². The molecule has 1 aromatic carbocycles. The van der Waals surface area contributed by atoms with Crippen LogP contribution in [0.5, 0.6) is 5.75 Å². The molecule has 0 amide bonds. The van der Waals surface area contributed by atoms with E-state index < -0.39 is 0 Å². The van der Waals surface area contributed by atoms with Crippen LogP contribution < -0.4 is 4.74 Å². The number of methoxy groups -OCH3 is 1. The zero-order valence-electron chi connectivity index (χ0n) is 11.1. The zero-order valence-corrected chi connectivity index (χ0v) is 11.9. The summed E-state index contributed by atoms with van der Waals surface area (Å²) in [6.45, 7) is 6.34. The van der Waals surface area contributed by atoms with Crippen LogP contribution in [0.4, 0.5) is 0 Å². The second kappa shape index (κ2) is 6.92. The number of aliphatic hydroxyl groups is 1. The lowest BCUT2D eigenvalue weighted by Crippen LogP contribution is -2.15. The third-order valence-electron chi connectivity index (χ3n) is 2.51. The van der Waals surface area contributed by atoms with E-state index in [0.717, 1.165) is 17.1 Å². The smallest absolute Gasteiger partial charge is 0.122 e. The molecule has 96 valence electrons. The van der Waals surface area contributed by atoms with Crippen molar-refractivity contribution >= 4 is 11.8 Å². The molecule has 17 heavy (non-hydrogen) atoms. The number of ether oxygens (including phenoxy) is 1. The van der Waals surface area contributed by atoms with Crippen LogP contribution in [0, 0.1) is 6.92 Å². The van der Waals surface area contributed by atoms with E-state index in [1.807, 2.05) is 12.1 Å². The number of rotatable bonds is 6. The highest BCUT2D eigenvalue weighted by Crippen LogP contribution is 2.22. The molecule has 1 unspecified atom stereocenters. The van der Waals surface area contributed by atoms with Crippen molar-refractivity contribution in [2.24, 2.45) is 0 Å². The molecule has 1 N–H and O–H groups in total. The average Bonchev–Trinajstić information content (AvgIpc) is 2.27. The van der Waals surface area contributed by atoms with Crippen molar-refractivity contribution in [2.45, 2.75) is 38.5 Å². The molecule has 0 aromatic heterocycles. The maximum atomic E-state index is 9.99. The van der Waals surface area contributed by atoms with E-state index in [1.54, 1.807) is 18.9 Å². The molecule has 0 fully saturated rings. The summed E-state index contributed by atoms with van der Waals surface area (Å²) in [6.07, 6.45) is 0.350. The first-order valence-corrected chi connectivity index (χ1v) is 7.01. The highest BCUT2D eigenvalue weighted by Gasteiger charge is 2.11. The number of thioether (sulfide) groups is 1. The predicted octanol–water partition coefficient (Wildman–Crippen LogP) is 3.05. The molecule has 1 aromatic rings. The first-order chi connectivity index (χ1) is 8.02. The molecule has 0 aliphatic rings. The van der Waals surface area contributed by atoms with Crippen LogP contribution in [-0.4, -0.2) is 29.3 Å². The Bertz CT molecular complexity index is 350. The van der Waals surface area contributed by atoms with E-state index in [2.05, 4.69) is 26.8 Å². The monoisotopic (exact) mass is 254 g/mol.